The van der Waals surface area contributed by atoms with Crippen LogP contribution >= 0.6 is 0 Å². The lowest BCUT2D eigenvalue weighted by molar-refractivity contribution is -0.121. The van der Waals surface area contributed by atoms with E-state index < -0.39 is 10.0 Å². The molecule has 0 spiro atoms. The van der Waals surface area contributed by atoms with Crippen LogP contribution in [-0.4, -0.2) is 41.1 Å². The maximum absolute atomic E-state index is 12.1. The highest BCUT2D eigenvalue weighted by molar-refractivity contribution is 7.89. The van der Waals surface area contributed by atoms with Crippen LogP contribution in [0.1, 0.15) is 18.9 Å². The maximum atomic E-state index is 12.1. The van der Waals surface area contributed by atoms with Gasteiger partial charge in [0.05, 0.1) is 18.6 Å². The zero-order chi connectivity index (χ0) is 20.4. The lowest BCUT2D eigenvalue weighted by atomic mass is 10.1. The Labute approximate surface area is 166 Å². The maximum Gasteiger partial charge on any atom is 0.240 e. The number of methoxy groups -OCH3 is 1. The van der Waals surface area contributed by atoms with Crippen molar-refractivity contribution in [2.75, 3.05) is 26.8 Å². The first-order valence-electron chi connectivity index (χ1n) is 9.07. The van der Waals surface area contributed by atoms with E-state index in [0.29, 0.717) is 30.9 Å². The van der Waals surface area contributed by atoms with Gasteiger partial charge >= 0.3 is 0 Å². The van der Waals surface area contributed by atoms with Gasteiger partial charge in [0.2, 0.25) is 15.9 Å². The van der Waals surface area contributed by atoms with Crippen LogP contribution in [-0.2, 0) is 21.2 Å². The summed E-state index contributed by atoms with van der Waals surface area (Å²) in [6, 6.07) is 13.7. The number of rotatable bonds is 11. The lowest BCUT2D eigenvalue weighted by Gasteiger charge is -2.11. The SMILES string of the molecule is CCOc1ccc(CCC(=O)NCCNS(=O)(=O)c2ccccc2)cc1OC. The molecule has 0 aromatic heterocycles. The molecule has 2 N–H and O–H groups in total. The average Bonchev–Trinajstić information content (AvgIpc) is 2.71. The minimum atomic E-state index is -3.56. The van der Waals surface area contributed by atoms with Crippen molar-refractivity contribution in [3.63, 3.8) is 0 Å². The third-order valence-electron chi connectivity index (χ3n) is 3.96. The van der Waals surface area contributed by atoms with Crippen molar-refractivity contribution in [3.05, 3.63) is 54.1 Å². The van der Waals surface area contributed by atoms with Gasteiger partial charge in [-0.25, -0.2) is 13.1 Å². The highest BCUT2D eigenvalue weighted by Crippen LogP contribution is 2.28. The summed E-state index contributed by atoms with van der Waals surface area (Å²) in [4.78, 5) is 12.2. The van der Waals surface area contributed by atoms with Crippen molar-refractivity contribution < 1.29 is 22.7 Å². The smallest absolute Gasteiger partial charge is 0.240 e. The van der Waals surface area contributed by atoms with E-state index in [9.17, 15) is 13.2 Å². The summed E-state index contributed by atoms with van der Waals surface area (Å²) >= 11 is 0. The second-order valence-corrected chi connectivity index (χ2v) is 7.75. The first-order chi connectivity index (χ1) is 13.5. The molecule has 0 bridgehead atoms. The second kappa shape index (κ2) is 10.7. The summed E-state index contributed by atoms with van der Waals surface area (Å²) in [5, 5.41) is 2.72. The van der Waals surface area contributed by atoms with Crippen molar-refractivity contribution in [1.82, 2.24) is 10.0 Å². The highest BCUT2D eigenvalue weighted by Gasteiger charge is 2.12. The van der Waals surface area contributed by atoms with Gasteiger partial charge in [-0.05, 0) is 43.2 Å². The van der Waals surface area contributed by atoms with Crippen molar-refractivity contribution in [2.45, 2.75) is 24.7 Å². The van der Waals surface area contributed by atoms with E-state index in [1.54, 1.807) is 25.3 Å². The molecule has 8 heteroatoms. The largest absolute Gasteiger partial charge is 0.493 e. The molecule has 0 atom stereocenters. The molecule has 2 aromatic rings. The van der Waals surface area contributed by atoms with Crippen LogP contribution in [0.5, 0.6) is 11.5 Å². The molecular weight excluding hydrogens is 380 g/mol. The van der Waals surface area contributed by atoms with Gasteiger partial charge in [0.1, 0.15) is 0 Å². The monoisotopic (exact) mass is 406 g/mol. The predicted octanol–water partition coefficient (Wildman–Crippen LogP) is 2.12. The summed E-state index contributed by atoms with van der Waals surface area (Å²) in [5.74, 6) is 1.16. The number of amides is 1. The Hall–Kier alpha value is -2.58. The Kier molecular flexibility index (Phi) is 8.28. The van der Waals surface area contributed by atoms with Crippen LogP contribution in [0.3, 0.4) is 0 Å². The third kappa shape index (κ3) is 6.54. The fraction of sp³-hybridized carbons (Fsp3) is 0.350. The molecule has 0 aliphatic heterocycles. The molecule has 0 saturated carbocycles. The van der Waals surface area contributed by atoms with Gasteiger partial charge in [0.25, 0.3) is 0 Å². The van der Waals surface area contributed by atoms with Gasteiger partial charge in [-0.15, -0.1) is 0 Å². The summed E-state index contributed by atoms with van der Waals surface area (Å²) < 4.78 is 37.4. The molecule has 0 saturated heterocycles. The van der Waals surface area contributed by atoms with Crippen LogP contribution in [0.25, 0.3) is 0 Å². The van der Waals surface area contributed by atoms with Crippen LogP contribution in [0.2, 0.25) is 0 Å². The number of benzene rings is 2. The topological polar surface area (TPSA) is 93.7 Å². The van der Waals surface area contributed by atoms with E-state index in [0.717, 1.165) is 5.56 Å². The van der Waals surface area contributed by atoms with E-state index in [1.165, 1.54) is 12.1 Å². The zero-order valence-corrected chi connectivity index (χ0v) is 16.9. The molecular formula is C20H26N2O5S. The quantitative estimate of drug-likeness (QED) is 0.558. The van der Waals surface area contributed by atoms with Crippen molar-refractivity contribution in [2.24, 2.45) is 0 Å². The van der Waals surface area contributed by atoms with Crippen molar-refractivity contribution >= 4 is 15.9 Å². The molecule has 0 fully saturated rings. The Morgan fingerprint density at radius 2 is 1.79 bits per heavy atom. The zero-order valence-electron chi connectivity index (χ0n) is 16.1. The van der Waals surface area contributed by atoms with Gasteiger partial charge in [-0.3, -0.25) is 4.79 Å². The molecule has 2 rings (SSSR count). The minimum absolute atomic E-state index is 0.125. The van der Waals surface area contributed by atoms with Gasteiger partial charge in [-0.2, -0.15) is 0 Å². The number of hydrogen-bond donors (Lipinski definition) is 2. The van der Waals surface area contributed by atoms with Crippen LogP contribution in [0, 0.1) is 0 Å². The van der Waals surface area contributed by atoms with E-state index in [-0.39, 0.29) is 23.9 Å². The summed E-state index contributed by atoms with van der Waals surface area (Å²) in [5.41, 5.74) is 0.959. The minimum Gasteiger partial charge on any atom is -0.493 e. The Morgan fingerprint density at radius 3 is 2.46 bits per heavy atom. The Morgan fingerprint density at radius 1 is 1.04 bits per heavy atom. The van der Waals surface area contributed by atoms with E-state index in [2.05, 4.69) is 10.0 Å². The number of hydrogen-bond acceptors (Lipinski definition) is 5. The summed E-state index contributed by atoms with van der Waals surface area (Å²) in [6.45, 7) is 2.79. The molecule has 0 aliphatic rings. The van der Waals surface area contributed by atoms with Crippen LogP contribution in [0.15, 0.2) is 53.4 Å². The molecule has 7 nitrogen and oxygen atoms in total. The lowest BCUT2D eigenvalue weighted by Crippen LogP contribution is -2.34. The molecule has 0 radical (unpaired) electrons. The molecule has 28 heavy (non-hydrogen) atoms. The molecule has 2 aromatic carbocycles. The van der Waals surface area contributed by atoms with Crippen LogP contribution < -0.4 is 19.5 Å². The third-order valence-corrected chi connectivity index (χ3v) is 5.44. The Bertz CT molecular complexity index is 869. The van der Waals surface area contributed by atoms with E-state index >= 15 is 0 Å². The molecule has 0 heterocycles. The second-order valence-electron chi connectivity index (χ2n) is 5.98. The first-order valence-corrected chi connectivity index (χ1v) is 10.6. The average molecular weight is 407 g/mol. The molecule has 152 valence electrons. The standard InChI is InChI=1S/C20H26N2O5S/c1-3-27-18-11-9-16(15-19(18)26-2)10-12-20(23)21-13-14-22-28(24,25)17-7-5-4-6-8-17/h4-9,11,15,22H,3,10,12-14H2,1-2H3,(H,21,23). The van der Waals surface area contributed by atoms with Crippen LogP contribution in [0.4, 0.5) is 0 Å². The first kappa shape index (κ1) is 21.7. The molecule has 0 unspecified atom stereocenters. The number of carbonyl (C=O) groups excluding carboxylic acids is 1. The predicted molar refractivity (Wildman–Crippen MR) is 107 cm³/mol. The summed E-state index contributed by atoms with van der Waals surface area (Å²) in [6.07, 6.45) is 0.840. The number of sulfonamides is 1. The number of carbonyl (C=O) groups is 1. The fourth-order valence-corrected chi connectivity index (χ4v) is 3.61. The molecule has 0 aliphatic carbocycles. The Balaban J connectivity index is 1.74. The van der Waals surface area contributed by atoms with Gasteiger partial charge < -0.3 is 14.8 Å². The molecule has 1 amide bonds. The van der Waals surface area contributed by atoms with Crippen molar-refractivity contribution in [3.8, 4) is 11.5 Å². The normalized spacial score (nSPS) is 11.1. The van der Waals surface area contributed by atoms with Crippen molar-refractivity contribution in [1.29, 1.82) is 0 Å². The number of nitrogens with one attached hydrogen (secondary N) is 2. The van der Waals surface area contributed by atoms with Gasteiger partial charge in [0, 0.05) is 19.5 Å². The summed E-state index contributed by atoms with van der Waals surface area (Å²) in [7, 11) is -1.98. The van der Waals surface area contributed by atoms with E-state index in [1.807, 2.05) is 25.1 Å². The number of aryl methyl sites for hydroxylation is 1. The number of ether oxygens (including phenoxy) is 2. The highest BCUT2D eigenvalue weighted by atomic mass is 32.2. The van der Waals surface area contributed by atoms with Gasteiger partial charge in [-0.1, -0.05) is 24.3 Å². The fourth-order valence-electron chi connectivity index (χ4n) is 2.56. The van der Waals surface area contributed by atoms with Gasteiger partial charge in [0.15, 0.2) is 11.5 Å². The van der Waals surface area contributed by atoms with E-state index in [4.69, 9.17) is 9.47 Å².